The van der Waals surface area contributed by atoms with Crippen LogP contribution in [0.4, 0.5) is 0 Å². The lowest BCUT2D eigenvalue weighted by Gasteiger charge is -2.29. The van der Waals surface area contributed by atoms with E-state index in [1.54, 1.807) is 0 Å². The van der Waals surface area contributed by atoms with Gasteiger partial charge in [0, 0.05) is 6.54 Å². The third kappa shape index (κ3) is 7.77. The van der Waals surface area contributed by atoms with Crippen molar-refractivity contribution in [2.45, 2.75) is 33.6 Å². The van der Waals surface area contributed by atoms with E-state index in [1.165, 1.54) is 25.9 Å². The van der Waals surface area contributed by atoms with Crippen LogP contribution in [0.2, 0.25) is 0 Å². The number of ether oxygens (including phenoxy) is 1. The van der Waals surface area contributed by atoms with Gasteiger partial charge in [0.05, 0.1) is 19.8 Å². The van der Waals surface area contributed by atoms with Crippen molar-refractivity contribution in [3.63, 3.8) is 0 Å². The zero-order chi connectivity index (χ0) is 11.5. The van der Waals surface area contributed by atoms with Crippen LogP contribution >= 0.6 is 0 Å². The van der Waals surface area contributed by atoms with Crippen molar-refractivity contribution >= 4 is 0 Å². The summed E-state index contributed by atoms with van der Waals surface area (Å²) in [4.78, 5) is 2.44. The third-order valence-corrected chi connectivity index (χ3v) is 2.66. The van der Waals surface area contributed by atoms with Gasteiger partial charge in [-0.3, -0.25) is 0 Å². The highest BCUT2D eigenvalue weighted by Gasteiger charge is 2.14. The van der Waals surface area contributed by atoms with Crippen LogP contribution in [-0.4, -0.2) is 49.5 Å². The fourth-order valence-electron chi connectivity index (χ4n) is 1.65. The predicted octanol–water partition coefficient (Wildman–Crippen LogP) is 1.75. The highest BCUT2D eigenvalue weighted by atomic mass is 16.5. The van der Waals surface area contributed by atoms with Crippen molar-refractivity contribution in [3.8, 4) is 0 Å². The Kier molecular flexibility index (Phi) is 10.3. The summed E-state index contributed by atoms with van der Waals surface area (Å²) in [5, 5.41) is 8.50. The Morgan fingerprint density at radius 2 is 1.80 bits per heavy atom. The summed E-state index contributed by atoms with van der Waals surface area (Å²) in [5.41, 5.74) is 0. The molecule has 1 saturated heterocycles. The van der Waals surface area contributed by atoms with Crippen molar-refractivity contribution in [2.75, 3.05) is 39.5 Å². The van der Waals surface area contributed by atoms with Gasteiger partial charge in [0.15, 0.2) is 0 Å². The summed E-state index contributed by atoms with van der Waals surface area (Å²) in [5.74, 6) is 0.898. The van der Waals surface area contributed by atoms with Gasteiger partial charge in [-0.05, 0) is 31.8 Å². The first kappa shape index (κ1) is 14.9. The third-order valence-electron chi connectivity index (χ3n) is 2.66. The van der Waals surface area contributed by atoms with Crippen molar-refractivity contribution in [1.29, 1.82) is 0 Å². The number of nitrogens with zero attached hydrogens (tertiary/aromatic N) is 1. The molecule has 1 fully saturated rings. The molecule has 1 heterocycles. The second kappa shape index (κ2) is 10.4. The van der Waals surface area contributed by atoms with E-state index in [0.29, 0.717) is 6.61 Å². The van der Waals surface area contributed by atoms with E-state index in [9.17, 15) is 0 Å². The quantitative estimate of drug-likeness (QED) is 0.712. The maximum absolute atomic E-state index is 8.50. The number of hydrogen-bond donors (Lipinski definition) is 1. The molecule has 0 aromatic rings. The summed E-state index contributed by atoms with van der Waals surface area (Å²) in [6, 6.07) is 0. The first-order chi connectivity index (χ1) is 7.33. The summed E-state index contributed by atoms with van der Waals surface area (Å²) < 4.78 is 5.22. The molecule has 0 radical (unpaired) electrons. The average molecular weight is 217 g/mol. The molecule has 3 nitrogen and oxygen atoms in total. The lowest BCUT2D eigenvalue weighted by molar-refractivity contribution is 0.0658. The predicted molar refractivity (Wildman–Crippen MR) is 64.1 cm³/mol. The second-order valence-electron chi connectivity index (χ2n) is 3.86. The Labute approximate surface area is 94.4 Å². The molecule has 1 aliphatic rings. The van der Waals surface area contributed by atoms with Gasteiger partial charge in [0.1, 0.15) is 0 Å². The number of likely N-dealkylation sites (tertiary alicyclic amines) is 1. The van der Waals surface area contributed by atoms with Gasteiger partial charge < -0.3 is 14.7 Å². The molecular weight excluding hydrogens is 190 g/mol. The summed E-state index contributed by atoms with van der Waals surface area (Å²) in [6.45, 7) is 11.1. The molecule has 0 spiro atoms. The molecule has 1 rings (SSSR count). The van der Waals surface area contributed by atoms with E-state index < -0.39 is 0 Å². The molecule has 0 atom stereocenters. The van der Waals surface area contributed by atoms with Crippen molar-refractivity contribution in [3.05, 3.63) is 0 Å². The van der Waals surface area contributed by atoms with Gasteiger partial charge in [-0.1, -0.05) is 20.8 Å². The lowest BCUT2D eigenvalue weighted by atomic mass is 9.99. The van der Waals surface area contributed by atoms with Crippen molar-refractivity contribution < 1.29 is 9.84 Å². The minimum absolute atomic E-state index is 0.136. The minimum atomic E-state index is 0.136. The smallest absolute Gasteiger partial charge is 0.0698 e. The Morgan fingerprint density at radius 3 is 2.33 bits per heavy atom. The van der Waals surface area contributed by atoms with E-state index in [1.807, 2.05) is 13.8 Å². The number of piperidine rings is 1. The molecule has 92 valence electrons. The normalized spacial score (nSPS) is 18.4. The highest BCUT2D eigenvalue weighted by Crippen LogP contribution is 2.15. The van der Waals surface area contributed by atoms with Crippen LogP contribution < -0.4 is 0 Å². The summed E-state index contributed by atoms with van der Waals surface area (Å²) in [7, 11) is 0. The van der Waals surface area contributed by atoms with Crippen LogP contribution in [0.15, 0.2) is 0 Å². The maximum atomic E-state index is 8.50. The largest absolute Gasteiger partial charge is 0.394 e. The van der Waals surface area contributed by atoms with E-state index in [4.69, 9.17) is 9.84 Å². The fraction of sp³-hybridized carbons (Fsp3) is 1.00. The average Bonchev–Trinajstić information content (AvgIpc) is 2.30. The minimum Gasteiger partial charge on any atom is -0.394 e. The molecule has 0 amide bonds. The van der Waals surface area contributed by atoms with Gasteiger partial charge in [-0.15, -0.1) is 0 Å². The zero-order valence-corrected chi connectivity index (χ0v) is 10.5. The fourth-order valence-corrected chi connectivity index (χ4v) is 1.65. The molecule has 15 heavy (non-hydrogen) atoms. The first-order valence-electron chi connectivity index (χ1n) is 6.24. The topological polar surface area (TPSA) is 32.7 Å². The van der Waals surface area contributed by atoms with Crippen LogP contribution in [0.1, 0.15) is 33.6 Å². The Balaban J connectivity index is 0.000000921. The van der Waals surface area contributed by atoms with Crippen LogP contribution in [0.5, 0.6) is 0 Å². The van der Waals surface area contributed by atoms with Gasteiger partial charge in [0.25, 0.3) is 0 Å². The standard InChI is InChI=1S/C10H21NO2.C2H6/c1-10-2-4-11(5-3-10)6-8-13-9-7-12;1-2/h10,12H,2-9H2,1H3;1-2H3. The van der Waals surface area contributed by atoms with E-state index in [2.05, 4.69) is 11.8 Å². The lowest BCUT2D eigenvalue weighted by Crippen LogP contribution is -2.35. The van der Waals surface area contributed by atoms with Crippen molar-refractivity contribution in [2.24, 2.45) is 5.92 Å². The van der Waals surface area contributed by atoms with Crippen LogP contribution in [-0.2, 0) is 4.74 Å². The molecule has 1 aliphatic heterocycles. The molecule has 0 aliphatic carbocycles. The van der Waals surface area contributed by atoms with E-state index in [-0.39, 0.29) is 6.61 Å². The zero-order valence-electron chi connectivity index (χ0n) is 10.5. The summed E-state index contributed by atoms with van der Waals surface area (Å²) in [6.07, 6.45) is 2.64. The molecule has 0 aromatic heterocycles. The van der Waals surface area contributed by atoms with Crippen LogP contribution in [0, 0.1) is 5.92 Å². The van der Waals surface area contributed by atoms with Gasteiger partial charge in [0.2, 0.25) is 0 Å². The van der Waals surface area contributed by atoms with Crippen molar-refractivity contribution in [1.82, 2.24) is 4.90 Å². The van der Waals surface area contributed by atoms with Gasteiger partial charge >= 0.3 is 0 Å². The Hall–Kier alpha value is -0.120. The molecule has 0 bridgehead atoms. The van der Waals surface area contributed by atoms with Gasteiger partial charge in [-0.2, -0.15) is 0 Å². The van der Waals surface area contributed by atoms with Gasteiger partial charge in [-0.25, -0.2) is 0 Å². The van der Waals surface area contributed by atoms with E-state index >= 15 is 0 Å². The molecule has 0 saturated carbocycles. The highest BCUT2D eigenvalue weighted by molar-refractivity contribution is 4.68. The monoisotopic (exact) mass is 217 g/mol. The SMILES string of the molecule is CC.CC1CCN(CCOCCO)CC1. The summed E-state index contributed by atoms with van der Waals surface area (Å²) >= 11 is 0. The molecule has 3 heteroatoms. The number of hydrogen-bond acceptors (Lipinski definition) is 3. The number of aliphatic hydroxyl groups is 1. The Bertz CT molecular complexity index is 123. The Morgan fingerprint density at radius 1 is 1.20 bits per heavy atom. The number of aliphatic hydroxyl groups excluding tert-OH is 1. The second-order valence-corrected chi connectivity index (χ2v) is 3.86. The molecule has 1 N–H and O–H groups in total. The van der Waals surface area contributed by atoms with Crippen LogP contribution in [0.25, 0.3) is 0 Å². The van der Waals surface area contributed by atoms with E-state index in [0.717, 1.165) is 19.1 Å². The first-order valence-corrected chi connectivity index (χ1v) is 6.24. The maximum Gasteiger partial charge on any atom is 0.0698 e. The molecule has 0 unspecified atom stereocenters. The van der Waals surface area contributed by atoms with Crippen LogP contribution in [0.3, 0.4) is 0 Å². The molecular formula is C12H27NO2. The molecule has 0 aromatic carbocycles. The number of rotatable bonds is 5.